The molecule has 6 heteroatoms. The number of H-pyrrole nitrogens is 1. The van der Waals surface area contributed by atoms with E-state index in [4.69, 9.17) is 0 Å². The van der Waals surface area contributed by atoms with Crippen molar-refractivity contribution in [3.8, 4) is 0 Å². The first-order valence-corrected chi connectivity index (χ1v) is 5.25. The lowest BCUT2D eigenvalue weighted by Crippen LogP contribution is -2.04. The molecule has 0 saturated heterocycles. The summed E-state index contributed by atoms with van der Waals surface area (Å²) in [7, 11) is 0. The largest absolute Gasteiger partial charge is 0.365 e. The van der Waals surface area contributed by atoms with E-state index in [2.05, 4.69) is 41.2 Å². The Hall–Kier alpha value is -1.17. The molecule has 14 heavy (non-hydrogen) atoms. The van der Waals surface area contributed by atoms with Crippen LogP contribution in [0, 0.1) is 0 Å². The van der Waals surface area contributed by atoms with Gasteiger partial charge in [-0.25, -0.2) is 15.0 Å². The number of aromatic amines is 1. The van der Waals surface area contributed by atoms with Gasteiger partial charge in [-0.2, -0.15) is 0 Å². The molecule has 0 amide bonds. The SMILES string of the molecule is Brc1nc(NC2CC2)c2nc[nH]c2n1. The maximum atomic E-state index is 4.27. The van der Waals surface area contributed by atoms with Gasteiger partial charge in [-0.1, -0.05) is 0 Å². The Balaban J connectivity index is 2.13. The molecule has 0 aliphatic heterocycles. The predicted molar refractivity (Wildman–Crippen MR) is 56.0 cm³/mol. The molecular formula is C8H8BrN5. The van der Waals surface area contributed by atoms with E-state index in [0.717, 1.165) is 17.0 Å². The maximum Gasteiger partial charge on any atom is 0.200 e. The molecule has 0 atom stereocenters. The van der Waals surface area contributed by atoms with Crippen LogP contribution in [0.25, 0.3) is 11.2 Å². The fourth-order valence-corrected chi connectivity index (χ4v) is 1.68. The second-order valence-corrected chi connectivity index (χ2v) is 4.07. The van der Waals surface area contributed by atoms with E-state index >= 15 is 0 Å². The van der Waals surface area contributed by atoms with Crippen LogP contribution in [0.4, 0.5) is 5.82 Å². The minimum absolute atomic E-state index is 0.566. The predicted octanol–water partition coefficient (Wildman–Crippen LogP) is 1.69. The van der Waals surface area contributed by atoms with E-state index in [0.29, 0.717) is 10.8 Å². The summed E-state index contributed by atoms with van der Waals surface area (Å²) >= 11 is 3.27. The molecule has 0 bridgehead atoms. The molecule has 1 aliphatic carbocycles. The standard InChI is InChI=1S/C8H8BrN5/c9-8-13-6-5(10-3-11-6)7(14-8)12-4-1-2-4/h3-4H,1-2H2,(H2,10,11,12,13,14). The molecule has 0 unspecified atom stereocenters. The molecule has 2 N–H and O–H groups in total. The summed E-state index contributed by atoms with van der Waals surface area (Å²) < 4.78 is 0.581. The summed E-state index contributed by atoms with van der Waals surface area (Å²) in [6.07, 6.45) is 4.06. The highest BCUT2D eigenvalue weighted by Crippen LogP contribution is 2.27. The number of halogens is 1. The Labute approximate surface area is 88.5 Å². The zero-order valence-corrected chi connectivity index (χ0v) is 8.87. The van der Waals surface area contributed by atoms with Gasteiger partial charge in [0.15, 0.2) is 11.5 Å². The second kappa shape index (κ2) is 2.91. The van der Waals surface area contributed by atoms with Crippen LogP contribution in [-0.2, 0) is 0 Å². The monoisotopic (exact) mass is 253 g/mol. The van der Waals surface area contributed by atoms with Crippen LogP contribution in [0.1, 0.15) is 12.8 Å². The van der Waals surface area contributed by atoms with Gasteiger partial charge in [0.1, 0.15) is 5.52 Å². The molecular weight excluding hydrogens is 246 g/mol. The van der Waals surface area contributed by atoms with Crippen LogP contribution >= 0.6 is 15.9 Å². The van der Waals surface area contributed by atoms with Crippen molar-refractivity contribution in [2.75, 3.05) is 5.32 Å². The van der Waals surface area contributed by atoms with Gasteiger partial charge in [-0.3, -0.25) is 0 Å². The summed E-state index contributed by atoms with van der Waals surface area (Å²) in [5.41, 5.74) is 1.56. The van der Waals surface area contributed by atoms with Gasteiger partial charge in [-0.05, 0) is 28.8 Å². The van der Waals surface area contributed by atoms with E-state index in [1.807, 2.05) is 0 Å². The molecule has 3 rings (SSSR count). The van der Waals surface area contributed by atoms with Gasteiger partial charge in [0.2, 0.25) is 4.73 Å². The van der Waals surface area contributed by atoms with Gasteiger partial charge in [0.25, 0.3) is 0 Å². The lowest BCUT2D eigenvalue weighted by Gasteiger charge is -2.03. The number of fused-ring (bicyclic) bond motifs is 1. The molecule has 1 saturated carbocycles. The number of imidazole rings is 1. The minimum atomic E-state index is 0.566. The number of nitrogens with one attached hydrogen (secondary N) is 2. The lowest BCUT2D eigenvalue weighted by molar-refractivity contribution is 1.08. The normalized spacial score (nSPS) is 16.1. The zero-order chi connectivity index (χ0) is 9.54. The summed E-state index contributed by atoms with van der Waals surface area (Å²) in [5, 5.41) is 3.32. The van der Waals surface area contributed by atoms with Crippen molar-refractivity contribution < 1.29 is 0 Å². The molecule has 2 aromatic rings. The van der Waals surface area contributed by atoms with Crippen LogP contribution in [0.15, 0.2) is 11.1 Å². The van der Waals surface area contributed by atoms with Crippen molar-refractivity contribution in [1.29, 1.82) is 0 Å². The zero-order valence-electron chi connectivity index (χ0n) is 7.29. The van der Waals surface area contributed by atoms with Crippen LogP contribution < -0.4 is 5.32 Å². The average molecular weight is 254 g/mol. The number of aromatic nitrogens is 4. The highest BCUT2D eigenvalue weighted by Gasteiger charge is 2.23. The third kappa shape index (κ3) is 1.35. The summed E-state index contributed by atoms with van der Waals surface area (Å²) in [5.74, 6) is 0.811. The van der Waals surface area contributed by atoms with Gasteiger partial charge in [-0.15, -0.1) is 0 Å². The maximum absolute atomic E-state index is 4.27. The first kappa shape index (κ1) is 8.16. The molecule has 5 nitrogen and oxygen atoms in total. The van der Waals surface area contributed by atoms with Crippen molar-refractivity contribution in [3.63, 3.8) is 0 Å². The molecule has 2 aromatic heterocycles. The van der Waals surface area contributed by atoms with Gasteiger partial charge in [0.05, 0.1) is 6.33 Å². The Bertz CT molecular complexity index is 476. The molecule has 0 spiro atoms. The number of rotatable bonds is 2. The Morgan fingerprint density at radius 2 is 2.29 bits per heavy atom. The third-order valence-corrected chi connectivity index (χ3v) is 2.52. The van der Waals surface area contributed by atoms with Crippen LogP contribution in [-0.4, -0.2) is 26.0 Å². The minimum Gasteiger partial charge on any atom is -0.365 e. The molecule has 1 aliphatic rings. The van der Waals surface area contributed by atoms with Crippen molar-refractivity contribution in [2.24, 2.45) is 0 Å². The molecule has 2 heterocycles. The second-order valence-electron chi connectivity index (χ2n) is 3.36. The van der Waals surface area contributed by atoms with Crippen molar-refractivity contribution in [3.05, 3.63) is 11.1 Å². The lowest BCUT2D eigenvalue weighted by atomic mass is 10.5. The highest BCUT2D eigenvalue weighted by molar-refractivity contribution is 9.10. The Morgan fingerprint density at radius 3 is 3.07 bits per heavy atom. The van der Waals surface area contributed by atoms with E-state index in [9.17, 15) is 0 Å². The Morgan fingerprint density at radius 1 is 1.43 bits per heavy atom. The van der Waals surface area contributed by atoms with Crippen molar-refractivity contribution >= 4 is 32.9 Å². The number of anilines is 1. The van der Waals surface area contributed by atoms with Crippen molar-refractivity contribution in [1.82, 2.24) is 19.9 Å². The Kier molecular flexibility index (Phi) is 1.70. The third-order valence-electron chi connectivity index (χ3n) is 2.17. The fraction of sp³-hybridized carbons (Fsp3) is 0.375. The topological polar surface area (TPSA) is 66.5 Å². The van der Waals surface area contributed by atoms with Crippen LogP contribution in [0.3, 0.4) is 0 Å². The number of nitrogens with zero attached hydrogens (tertiary/aromatic N) is 3. The fourth-order valence-electron chi connectivity index (χ4n) is 1.33. The van der Waals surface area contributed by atoms with Gasteiger partial charge in [0, 0.05) is 6.04 Å². The number of hydrogen-bond donors (Lipinski definition) is 2. The molecule has 0 aromatic carbocycles. The highest BCUT2D eigenvalue weighted by atomic mass is 79.9. The van der Waals surface area contributed by atoms with E-state index in [-0.39, 0.29) is 0 Å². The number of hydrogen-bond acceptors (Lipinski definition) is 4. The first-order chi connectivity index (χ1) is 6.83. The van der Waals surface area contributed by atoms with Gasteiger partial charge >= 0.3 is 0 Å². The average Bonchev–Trinajstić information content (AvgIpc) is 2.81. The van der Waals surface area contributed by atoms with Gasteiger partial charge < -0.3 is 10.3 Å². The van der Waals surface area contributed by atoms with E-state index in [1.165, 1.54) is 12.8 Å². The van der Waals surface area contributed by atoms with E-state index in [1.54, 1.807) is 6.33 Å². The van der Waals surface area contributed by atoms with Crippen molar-refractivity contribution in [2.45, 2.75) is 18.9 Å². The smallest absolute Gasteiger partial charge is 0.200 e. The molecule has 0 radical (unpaired) electrons. The van der Waals surface area contributed by atoms with Crippen LogP contribution in [0.5, 0.6) is 0 Å². The molecule has 1 fully saturated rings. The van der Waals surface area contributed by atoms with E-state index < -0.39 is 0 Å². The molecule has 72 valence electrons. The quantitative estimate of drug-likeness (QED) is 0.800. The summed E-state index contributed by atoms with van der Waals surface area (Å²) in [4.78, 5) is 15.6. The first-order valence-electron chi connectivity index (χ1n) is 4.46. The summed E-state index contributed by atoms with van der Waals surface area (Å²) in [6, 6.07) is 0.566. The summed E-state index contributed by atoms with van der Waals surface area (Å²) in [6.45, 7) is 0. The van der Waals surface area contributed by atoms with Crippen LogP contribution in [0.2, 0.25) is 0 Å².